The van der Waals surface area contributed by atoms with Crippen molar-refractivity contribution in [3.63, 3.8) is 0 Å². The number of hydrogen-bond acceptors (Lipinski definition) is 2. The molecule has 2 aliphatic rings. The molecule has 0 aromatic carbocycles. The lowest BCUT2D eigenvalue weighted by Gasteiger charge is -1.96. The Morgan fingerprint density at radius 2 is 1.80 bits per heavy atom. The molecule has 0 saturated heterocycles. The zero-order valence-corrected chi connectivity index (χ0v) is 5.62. The normalized spacial score (nSPS) is 42.6. The molecule has 0 spiro atoms. The van der Waals surface area contributed by atoms with Crippen molar-refractivity contribution in [3.8, 4) is 0 Å². The summed E-state index contributed by atoms with van der Waals surface area (Å²) in [6.07, 6.45) is 6.04. The molecule has 0 aromatic heterocycles. The molecule has 2 aliphatic carbocycles. The highest BCUT2D eigenvalue weighted by Crippen LogP contribution is 2.52. The van der Waals surface area contributed by atoms with Gasteiger partial charge in [-0.3, -0.25) is 0 Å². The topological polar surface area (TPSA) is 40.1 Å². The van der Waals surface area contributed by atoms with E-state index in [1.807, 2.05) is 0 Å². The van der Waals surface area contributed by atoms with Crippen LogP contribution in [0.25, 0.3) is 0 Å². The minimum atomic E-state index is -0.848. The van der Waals surface area contributed by atoms with Crippen LogP contribution in [0.1, 0.15) is 12.8 Å². The maximum absolute atomic E-state index is 10.4. The Kier molecular flexibility index (Phi) is 1.10. The molecule has 2 heteroatoms. The number of carbonyl (C=O) groups is 1. The molecule has 0 radical (unpaired) electrons. The van der Waals surface area contributed by atoms with Gasteiger partial charge in [-0.25, -0.2) is 0 Å². The van der Waals surface area contributed by atoms with Crippen LogP contribution in [0.5, 0.6) is 0 Å². The lowest BCUT2D eigenvalue weighted by molar-refractivity contribution is -0.308. The predicted octanol–water partition coefficient (Wildman–Crippen LogP) is -0.0515. The third-order valence-electron chi connectivity index (χ3n) is 2.59. The smallest absolute Gasteiger partial charge is 0.0451 e. The van der Waals surface area contributed by atoms with E-state index in [4.69, 9.17) is 0 Å². The van der Waals surface area contributed by atoms with Crippen molar-refractivity contribution >= 4 is 5.97 Å². The van der Waals surface area contributed by atoms with E-state index >= 15 is 0 Å². The summed E-state index contributed by atoms with van der Waals surface area (Å²) in [7, 11) is 0. The summed E-state index contributed by atoms with van der Waals surface area (Å²) >= 11 is 0. The lowest BCUT2D eigenvalue weighted by atomic mass is 10.1. The van der Waals surface area contributed by atoms with E-state index < -0.39 is 5.97 Å². The van der Waals surface area contributed by atoms with Crippen LogP contribution in [0, 0.1) is 17.8 Å². The second kappa shape index (κ2) is 1.84. The first-order valence-electron chi connectivity index (χ1n) is 3.66. The summed E-state index contributed by atoms with van der Waals surface area (Å²) in [6.45, 7) is 0. The highest BCUT2D eigenvalue weighted by molar-refractivity contribution is 5.72. The number of allylic oxidation sites excluding steroid dienone is 2. The Bertz CT molecular complexity index is 181. The summed E-state index contributed by atoms with van der Waals surface area (Å²) in [6, 6.07) is 0. The van der Waals surface area contributed by atoms with Crippen molar-refractivity contribution < 1.29 is 9.90 Å². The molecule has 0 aromatic rings. The van der Waals surface area contributed by atoms with Crippen molar-refractivity contribution in [1.29, 1.82) is 0 Å². The maximum Gasteiger partial charge on any atom is 0.0451 e. The molecule has 0 aliphatic heterocycles. The van der Waals surface area contributed by atoms with Gasteiger partial charge >= 0.3 is 0 Å². The van der Waals surface area contributed by atoms with Gasteiger partial charge < -0.3 is 9.90 Å². The number of hydrogen-bond donors (Lipinski definition) is 0. The highest BCUT2D eigenvalue weighted by Gasteiger charge is 2.49. The van der Waals surface area contributed by atoms with E-state index in [0.29, 0.717) is 11.8 Å². The number of carbonyl (C=O) groups excluding carboxylic acids is 1. The molecule has 1 saturated carbocycles. The van der Waals surface area contributed by atoms with Crippen LogP contribution in [0.3, 0.4) is 0 Å². The molecular formula is C8H9O2-. The average Bonchev–Trinajstić information content (AvgIpc) is 2.60. The molecule has 2 unspecified atom stereocenters. The van der Waals surface area contributed by atoms with Gasteiger partial charge in [0.05, 0.1) is 0 Å². The van der Waals surface area contributed by atoms with E-state index in [2.05, 4.69) is 12.2 Å². The van der Waals surface area contributed by atoms with E-state index in [0.717, 1.165) is 12.8 Å². The highest BCUT2D eigenvalue weighted by atomic mass is 16.4. The number of rotatable bonds is 1. The summed E-state index contributed by atoms with van der Waals surface area (Å²) in [5.41, 5.74) is 0. The maximum atomic E-state index is 10.4. The Morgan fingerprint density at radius 1 is 1.30 bits per heavy atom. The van der Waals surface area contributed by atoms with Gasteiger partial charge in [0.2, 0.25) is 0 Å². The second-order valence-electron chi connectivity index (χ2n) is 3.12. The largest absolute Gasteiger partial charge is 0.550 e. The van der Waals surface area contributed by atoms with Gasteiger partial charge in [-0.2, -0.15) is 0 Å². The predicted molar refractivity (Wildman–Crippen MR) is 33.9 cm³/mol. The van der Waals surface area contributed by atoms with Crippen LogP contribution < -0.4 is 5.11 Å². The molecule has 0 N–H and O–H groups in total. The SMILES string of the molecule is O=C([O-])C1C2CC=CCC21. The Balaban J connectivity index is 2.04. The molecule has 10 heavy (non-hydrogen) atoms. The quantitative estimate of drug-likeness (QED) is 0.475. The van der Waals surface area contributed by atoms with Crippen LogP contribution >= 0.6 is 0 Å². The van der Waals surface area contributed by atoms with Gasteiger partial charge in [-0.15, -0.1) is 0 Å². The minimum Gasteiger partial charge on any atom is -0.550 e. The molecule has 2 nitrogen and oxygen atoms in total. The van der Waals surface area contributed by atoms with E-state index in [-0.39, 0.29) is 5.92 Å². The fourth-order valence-corrected chi connectivity index (χ4v) is 1.94. The number of fused-ring (bicyclic) bond motifs is 1. The average molecular weight is 137 g/mol. The zero-order valence-electron chi connectivity index (χ0n) is 5.62. The lowest BCUT2D eigenvalue weighted by Crippen LogP contribution is -2.25. The van der Waals surface area contributed by atoms with Crippen LogP contribution in [-0.2, 0) is 4.79 Å². The van der Waals surface area contributed by atoms with E-state index in [9.17, 15) is 9.90 Å². The fraction of sp³-hybridized carbons (Fsp3) is 0.625. The number of aliphatic carboxylic acids is 1. The number of carboxylic acids is 1. The number of carboxylic acid groups (broad SMARTS) is 1. The van der Waals surface area contributed by atoms with Gasteiger partial charge in [0, 0.05) is 11.9 Å². The molecule has 0 amide bonds. The van der Waals surface area contributed by atoms with Gasteiger partial charge in [-0.1, -0.05) is 12.2 Å². The van der Waals surface area contributed by atoms with Crippen molar-refractivity contribution in [3.05, 3.63) is 12.2 Å². The second-order valence-corrected chi connectivity index (χ2v) is 3.12. The van der Waals surface area contributed by atoms with E-state index in [1.54, 1.807) is 0 Å². The Labute approximate surface area is 59.5 Å². The summed E-state index contributed by atoms with van der Waals surface area (Å²) in [5, 5.41) is 10.4. The Hall–Kier alpha value is -0.790. The third kappa shape index (κ3) is 0.681. The van der Waals surface area contributed by atoms with Gasteiger partial charge in [0.1, 0.15) is 0 Å². The third-order valence-corrected chi connectivity index (χ3v) is 2.59. The molecule has 1 fully saturated rings. The molecule has 54 valence electrons. The van der Waals surface area contributed by atoms with Crippen LogP contribution in [0.15, 0.2) is 12.2 Å². The standard InChI is InChI=1S/C8H10O2/c9-8(10)7-5-3-1-2-4-6(5)7/h1-2,5-7H,3-4H2,(H,9,10)/p-1. The first-order valence-corrected chi connectivity index (χ1v) is 3.66. The zero-order chi connectivity index (χ0) is 7.14. The van der Waals surface area contributed by atoms with Gasteiger partial charge in [-0.05, 0) is 24.7 Å². The van der Waals surface area contributed by atoms with Crippen LogP contribution in [-0.4, -0.2) is 5.97 Å². The minimum absolute atomic E-state index is 0.130. The van der Waals surface area contributed by atoms with Crippen LogP contribution in [0.2, 0.25) is 0 Å². The van der Waals surface area contributed by atoms with Gasteiger partial charge in [0.25, 0.3) is 0 Å². The van der Waals surface area contributed by atoms with Crippen molar-refractivity contribution in [2.75, 3.05) is 0 Å². The van der Waals surface area contributed by atoms with Crippen molar-refractivity contribution in [2.24, 2.45) is 17.8 Å². The van der Waals surface area contributed by atoms with Gasteiger partial charge in [0.15, 0.2) is 0 Å². The Morgan fingerprint density at radius 3 is 2.20 bits per heavy atom. The molecule has 2 rings (SSSR count). The summed E-state index contributed by atoms with van der Waals surface area (Å²) < 4.78 is 0. The van der Waals surface area contributed by atoms with Crippen molar-refractivity contribution in [1.82, 2.24) is 0 Å². The van der Waals surface area contributed by atoms with Crippen molar-refractivity contribution in [2.45, 2.75) is 12.8 Å². The molecule has 0 heterocycles. The summed E-state index contributed by atoms with van der Waals surface area (Å²) in [5.74, 6) is -0.154. The summed E-state index contributed by atoms with van der Waals surface area (Å²) in [4.78, 5) is 10.4. The molecule has 0 bridgehead atoms. The first-order chi connectivity index (χ1) is 4.80. The first kappa shape index (κ1) is 5.96. The molecule has 2 atom stereocenters. The molecular weight excluding hydrogens is 128 g/mol. The fourth-order valence-electron chi connectivity index (χ4n) is 1.94. The van der Waals surface area contributed by atoms with E-state index in [1.165, 1.54) is 0 Å². The van der Waals surface area contributed by atoms with Crippen LogP contribution in [0.4, 0.5) is 0 Å². The monoisotopic (exact) mass is 137 g/mol.